The van der Waals surface area contributed by atoms with Crippen molar-refractivity contribution in [3.8, 4) is 22.3 Å². The molecule has 280 valence electrons. The molecule has 0 fully saturated rings. The van der Waals surface area contributed by atoms with Crippen molar-refractivity contribution in [2.24, 2.45) is 0 Å². The quantitative estimate of drug-likeness (QED) is 0.0947. The molecule has 0 unspecified atom stereocenters. The molecule has 4 heterocycles. The third-order valence-corrected chi connectivity index (χ3v) is 8.58. The third kappa shape index (κ3) is 9.13. The molecule has 0 saturated carbocycles. The second-order valence-electron chi connectivity index (χ2n) is 12.1. The fraction of sp³-hybridized carbons (Fsp3) is 0.122. The van der Waals surface area contributed by atoms with Crippen molar-refractivity contribution in [2.45, 2.75) is 18.8 Å². The van der Waals surface area contributed by atoms with E-state index in [1.807, 2.05) is 114 Å². The van der Waals surface area contributed by atoms with Gasteiger partial charge in [-0.25, -0.2) is 0 Å². The maximum Gasteiger partial charge on any atom is 0.452 e. The lowest BCUT2D eigenvalue weighted by molar-refractivity contribution is -0.146. The predicted molar refractivity (Wildman–Crippen MR) is 211 cm³/mol. The van der Waals surface area contributed by atoms with Crippen LogP contribution in [0.4, 0.5) is 37.7 Å². The summed E-state index contributed by atoms with van der Waals surface area (Å²) in [7, 11) is 1.96. The first kappa shape index (κ1) is 38.9. The molecule has 0 amide bonds. The van der Waals surface area contributed by atoms with Gasteiger partial charge in [0.1, 0.15) is 0 Å². The van der Waals surface area contributed by atoms with E-state index < -0.39 is 24.0 Å². The molecule has 14 heteroatoms. The number of aromatic nitrogens is 6. The zero-order valence-corrected chi connectivity index (χ0v) is 31.5. The first-order valence-corrected chi connectivity index (χ1v) is 18.8. The van der Waals surface area contributed by atoms with Gasteiger partial charge in [0.15, 0.2) is 11.3 Å². The van der Waals surface area contributed by atoms with Crippen LogP contribution in [-0.4, -0.2) is 41.2 Å². The van der Waals surface area contributed by atoms with Crippen molar-refractivity contribution in [1.82, 2.24) is 29.2 Å². The molecule has 0 bridgehead atoms. The summed E-state index contributed by atoms with van der Waals surface area (Å²) < 4.78 is 80.2. The average molecular weight is 864 g/mol. The number of rotatable bonds is 6. The van der Waals surface area contributed by atoms with Crippen molar-refractivity contribution in [3.05, 3.63) is 169 Å². The van der Waals surface area contributed by atoms with Gasteiger partial charge in [0.2, 0.25) is 11.6 Å². The minimum absolute atomic E-state index is 0.159. The number of pyridine rings is 2. The summed E-state index contributed by atoms with van der Waals surface area (Å²) in [5, 5.41) is 13.7. The maximum absolute atomic E-state index is 13.1. The maximum atomic E-state index is 13.1. The molecular formula is C41H32F6IN7. The normalized spacial score (nSPS) is 11.4. The summed E-state index contributed by atoms with van der Waals surface area (Å²) in [4.78, 5) is 4.01. The highest BCUT2D eigenvalue weighted by atomic mass is 127. The first-order chi connectivity index (χ1) is 26.4. The summed E-state index contributed by atoms with van der Waals surface area (Å²) >= 11 is 2.15. The van der Waals surface area contributed by atoms with E-state index in [-0.39, 0.29) is 11.3 Å². The molecule has 0 N–H and O–H groups in total. The van der Waals surface area contributed by atoms with E-state index >= 15 is 0 Å². The monoisotopic (exact) mass is 863 g/mol. The van der Waals surface area contributed by atoms with Gasteiger partial charge in [-0.1, -0.05) is 108 Å². The number of hydrogen-bond acceptors (Lipinski definition) is 5. The van der Waals surface area contributed by atoms with E-state index in [9.17, 15) is 26.3 Å². The second-order valence-corrected chi connectivity index (χ2v) is 12.1. The Balaban J connectivity index is 0.000000179. The Kier molecular flexibility index (Phi) is 11.8. The Hall–Kier alpha value is -5.77. The molecule has 55 heavy (non-hydrogen) atoms. The lowest BCUT2D eigenvalue weighted by Crippen LogP contribution is -2.10. The van der Waals surface area contributed by atoms with Gasteiger partial charge in [-0.15, -0.1) is 20.4 Å². The minimum Gasteiger partial charge on any atom is -0.345 e. The van der Waals surface area contributed by atoms with Gasteiger partial charge in [-0.2, -0.15) is 26.3 Å². The lowest BCUT2D eigenvalue weighted by atomic mass is 10.0. The topological polar surface area (TPSA) is 63.6 Å². The lowest BCUT2D eigenvalue weighted by Gasteiger charge is -2.19. The fourth-order valence-corrected chi connectivity index (χ4v) is 5.83. The first-order valence-electron chi connectivity index (χ1n) is 16.7. The number of alkyl halides is 7. The Labute approximate surface area is 326 Å². The SMILES string of the molecule is CI.CN(c1ccccc1)c1ccc(-c2ccc3nnc(C(F)(F)F)n3c2)cc1.FC(F)(F)c1nnc2ccc(-c3ccc(Cc4ccccc4)cc3)cn12. The summed E-state index contributed by atoms with van der Waals surface area (Å²) in [6.07, 6.45) is -5.46. The molecular weight excluding hydrogens is 831 g/mol. The number of benzene rings is 4. The number of nitrogens with zero attached hydrogens (tertiary/aromatic N) is 7. The summed E-state index contributed by atoms with van der Waals surface area (Å²) in [5.74, 6) is -2.05. The molecule has 8 rings (SSSR count). The molecule has 0 spiro atoms. The fourth-order valence-electron chi connectivity index (χ4n) is 5.83. The molecule has 8 aromatic rings. The molecule has 4 aromatic heterocycles. The van der Waals surface area contributed by atoms with Crippen LogP contribution in [0.25, 0.3) is 33.5 Å². The number of fused-ring (bicyclic) bond motifs is 2. The van der Waals surface area contributed by atoms with Crippen LogP contribution in [0, 0.1) is 0 Å². The van der Waals surface area contributed by atoms with Gasteiger partial charge < -0.3 is 4.90 Å². The van der Waals surface area contributed by atoms with E-state index in [0.29, 0.717) is 11.1 Å². The van der Waals surface area contributed by atoms with E-state index in [1.165, 1.54) is 30.1 Å². The number of anilines is 2. The predicted octanol–water partition coefficient (Wildman–Crippen LogP) is 11.2. The number of para-hydroxylation sites is 1. The summed E-state index contributed by atoms with van der Waals surface area (Å²) in [6.45, 7) is 0. The van der Waals surface area contributed by atoms with Crippen molar-refractivity contribution < 1.29 is 26.3 Å². The van der Waals surface area contributed by atoms with Crippen molar-refractivity contribution in [3.63, 3.8) is 0 Å². The zero-order chi connectivity index (χ0) is 39.2. The largest absolute Gasteiger partial charge is 0.452 e. The van der Waals surface area contributed by atoms with Crippen LogP contribution < -0.4 is 4.90 Å². The van der Waals surface area contributed by atoms with Crippen LogP contribution in [0.5, 0.6) is 0 Å². The zero-order valence-electron chi connectivity index (χ0n) is 29.3. The van der Waals surface area contributed by atoms with Gasteiger partial charge in [0.25, 0.3) is 0 Å². The molecule has 0 aliphatic rings. The molecule has 0 saturated heterocycles. The molecule has 4 aromatic carbocycles. The summed E-state index contributed by atoms with van der Waals surface area (Å²) in [6, 6.07) is 42.0. The summed E-state index contributed by atoms with van der Waals surface area (Å²) in [5.41, 5.74) is 7.68. The highest BCUT2D eigenvalue weighted by molar-refractivity contribution is 14.1. The molecule has 0 radical (unpaired) electrons. The number of halogens is 7. The van der Waals surface area contributed by atoms with Gasteiger partial charge in [-0.05, 0) is 93.3 Å². The van der Waals surface area contributed by atoms with Crippen LogP contribution in [0.2, 0.25) is 0 Å². The third-order valence-electron chi connectivity index (χ3n) is 8.58. The van der Waals surface area contributed by atoms with Crippen molar-refractivity contribution in [2.75, 3.05) is 16.9 Å². The molecule has 0 aliphatic heterocycles. The number of hydrogen-bond donors (Lipinski definition) is 0. The van der Waals surface area contributed by atoms with E-state index in [1.54, 1.807) is 12.1 Å². The van der Waals surface area contributed by atoms with E-state index in [2.05, 4.69) is 55.1 Å². The minimum atomic E-state index is -4.56. The van der Waals surface area contributed by atoms with Crippen molar-refractivity contribution in [1.29, 1.82) is 0 Å². The Morgan fingerprint density at radius 3 is 1.31 bits per heavy atom. The highest BCUT2D eigenvalue weighted by Gasteiger charge is 2.37. The van der Waals surface area contributed by atoms with Gasteiger partial charge >= 0.3 is 12.4 Å². The van der Waals surface area contributed by atoms with Crippen LogP contribution >= 0.6 is 22.6 Å². The van der Waals surface area contributed by atoms with Gasteiger partial charge in [-0.3, -0.25) is 8.80 Å². The van der Waals surface area contributed by atoms with Crippen LogP contribution in [-0.2, 0) is 18.8 Å². The second kappa shape index (κ2) is 16.7. The Morgan fingerprint density at radius 1 is 0.473 bits per heavy atom. The van der Waals surface area contributed by atoms with Gasteiger partial charge in [0, 0.05) is 30.8 Å². The van der Waals surface area contributed by atoms with E-state index in [0.717, 1.165) is 43.3 Å². The van der Waals surface area contributed by atoms with Crippen LogP contribution in [0.3, 0.4) is 0 Å². The van der Waals surface area contributed by atoms with Crippen LogP contribution in [0.1, 0.15) is 22.8 Å². The standard InChI is InChI=1S/C20H15F3N4.C20H14F3N3.CH3I/c1-26(16-5-3-2-4-6-16)17-10-7-14(8-11-17)15-9-12-18-24-25-19(20(21,22)23)27(18)13-15;21-20(22,23)19-25-24-18-11-10-17(13-26(18)19)16-8-6-15(7-9-16)12-14-4-2-1-3-5-14;1-2/h2-13H,1H3;1-11,13H,12H2;1H3. The highest BCUT2D eigenvalue weighted by Crippen LogP contribution is 2.32. The van der Waals surface area contributed by atoms with Gasteiger partial charge in [0.05, 0.1) is 0 Å². The van der Waals surface area contributed by atoms with E-state index in [4.69, 9.17) is 0 Å². The molecule has 7 nitrogen and oxygen atoms in total. The van der Waals surface area contributed by atoms with Crippen LogP contribution in [0.15, 0.2) is 146 Å². The molecule has 0 aliphatic carbocycles. The molecule has 0 atom stereocenters. The van der Waals surface area contributed by atoms with Crippen molar-refractivity contribution >= 4 is 45.3 Å². The Bertz CT molecular complexity index is 2460. The Morgan fingerprint density at radius 2 is 0.855 bits per heavy atom. The average Bonchev–Trinajstić information content (AvgIpc) is 3.85. The smallest absolute Gasteiger partial charge is 0.345 e.